The van der Waals surface area contributed by atoms with Crippen LogP contribution in [0.4, 0.5) is 5.69 Å². The number of hydrogen-bond donors (Lipinski definition) is 1. The van der Waals surface area contributed by atoms with Gasteiger partial charge in [-0.25, -0.2) is 8.42 Å². The number of hydrogen-bond acceptors (Lipinski definition) is 3. The maximum absolute atomic E-state index is 13.2. The molecule has 0 saturated heterocycles. The lowest BCUT2D eigenvalue weighted by atomic mass is 10.2. The molecule has 3 aromatic carbocycles. The van der Waals surface area contributed by atoms with Gasteiger partial charge in [0.05, 0.1) is 11.4 Å². The lowest BCUT2D eigenvalue weighted by Gasteiger charge is -2.22. The second kappa shape index (κ2) is 9.22. The van der Waals surface area contributed by atoms with Crippen molar-refractivity contribution in [2.24, 2.45) is 0 Å². The molecule has 7 heteroatoms. The summed E-state index contributed by atoms with van der Waals surface area (Å²) in [5.74, 6) is -0.409. The van der Waals surface area contributed by atoms with Gasteiger partial charge in [0.2, 0.25) is 15.9 Å². The summed E-state index contributed by atoms with van der Waals surface area (Å²) in [6, 6.07) is 22.3. The highest BCUT2D eigenvalue weighted by atomic mass is 35.5. The molecule has 0 fully saturated rings. The molecule has 1 amide bonds. The van der Waals surface area contributed by atoms with E-state index in [1.54, 1.807) is 48.5 Å². The Morgan fingerprint density at radius 2 is 1.55 bits per heavy atom. The molecule has 0 saturated carbocycles. The SMILES string of the molecule is Cc1ccccc1NC(=O)CN(Cc1ccc(Cl)cc1)S(=O)(=O)c1ccccc1. The number of sulfonamides is 1. The minimum atomic E-state index is -3.87. The van der Waals surface area contributed by atoms with E-state index in [9.17, 15) is 13.2 Å². The zero-order valence-corrected chi connectivity index (χ0v) is 17.5. The molecule has 29 heavy (non-hydrogen) atoms. The minimum Gasteiger partial charge on any atom is -0.325 e. The van der Waals surface area contributed by atoms with Crippen LogP contribution in [-0.2, 0) is 21.4 Å². The third-order valence-electron chi connectivity index (χ3n) is 4.39. The summed E-state index contributed by atoms with van der Waals surface area (Å²) in [6.07, 6.45) is 0. The van der Waals surface area contributed by atoms with Crippen LogP contribution >= 0.6 is 11.6 Å². The van der Waals surface area contributed by atoms with Crippen molar-refractivity contribution in [2.45, 2.75) is 18.4 Å². The average Bonchev–Trinajstić information content (AvgIpc) is 2.71. The summed E-state index contributed by atoms with van der Waals surface area (Å²) in [7, 11) is -3.87. The number of rotatable bonds is 7. The van der Waals surface area contributed by atoms with Gasteiger partial charge in [-0.05, 0) is 48.4 Å². The Labute approximate surface area is 176 Å². The average molecular weight is 429 g/mol. The predicted octanol–water partition coefficient (Wildman–Crippen LogP) is 4.48. The molecule has 3 rings (SSSR count). The van der Waals surface area contributed by atoms with Gasteiger partial charge >= 0.3 is 0 Å². The van der Waals surface area contributed by atoms with Crippen LogP contribution in [0.1, 0.15) is 11.1 Å². The van der Waals surface area contributed by atoms with E-state index in [0.717, 1.165) is 11.1 Å². The van der Waals surface area contributed by atoms with Crippen molar-refractivity contribution < 1.29 is 13.2 Å². The summed E-state index contributed by atoms with van der Waals surface area (Å²) in [4.78, 5) is 12.8. The van der Waals surface area contributed by atoms with Crippen molar-refractivity contribution in [1.82, 2.24) is 4.31 Å². The van der Waals surface area contributed by atoms with Crippen LogP contribution in [0.2, 0.25) is 5.02 Å². The standard InChI is InChI=1S/C22H21ClN2O3S/c1-17-7-5-6-10-21(17)24-22(26)16-25(15-18-11-13-19(23)14-12-18)29(27,28)20-8-3-2-4-9-20/h2-14H,15-16H2,1H3,(H,24,26). The van der Waals surface area contributed by atoms with Gasteiger partial charge in [-0.3, -0.25) is 4.79 Å². The molecule has 0 aliphatic carbocycles. The third kappa shape index (κ3) is 5.44. The van der Waals surface area contributed by atoms with Crippen LogP contribution in [-0.4, -0.2) is 25.2 Å². The van der Waals surface area contributed by atoms with Crippen molar-refractivity contribution in [3.8, 4) is 0 Å². The molecule has 0 aromatic heterocycles. The van der Waals surface area contributed by atoms with Crippen LogP contribution in [0.5, 0.6) is 0 Å². The zero-order chi connectivity index (χ0) is 20.9. The Morgan fingerprint density at radius 1 is 0.931 bits per heavy atom. The molecule has 1 N–H and O–H groups in total. The number of anilines is 1. The minimum absolute atomic E-state index is 0.0512. The fourth-order valence-electron chi connectivity index (χ4n) is 2.82. The highest BCUT2D eigenvalue weighted by molar-refractivity contribution is 7.89. The lowest BCUT2D eigenvalue weighted by Crippen LogP contribution is -2.37. The van der Waals surface area contributed by atoms with Gasteiger partial charge in [0.1, 0.15) is 0 Å². The summed E-state index contributed by atoms with van der Waals surface area (Å²) in [5, 5.41) is 3.35. The van der Waals surface area contributed by atoms with Crippen LogP contribution < -0.4 is 5.32 Å². The maximum atomic E-state index is 13.2. The number of carbonyl (C=O) groups is 1. The molecule has 0 radical (unpaired) electrons. The first-order valence-corrected chi connectivity index (χ1v) is 10.8. The molecule has 0 bridgehead atoms. The van der Waals surface area contributed by atoms with E-state index in [-0.39, 0.29) is 18.0 Å². The van der Waals surface area contributed by atoms with E-state index in [4.69, 9.17) is 11.6 Å². The molecule has 0 spiro atoms. The van der Waals surface area contributed by atoms with Crippen LogP contribution in [0, 0.1) is 6.92 Å². The van der Waals surface area contributed by atoms with Crippen molar-refractivity contribution in [1.29, 1.82) is 0 Å². The quantitative estimate of drug-likeness (QED) is 0.603. The summed E-state index contributed by atoms with van der Waals surface area (Å²) in [5.41, 5.74) is 2.29. The van der Waals surface area contributed by atoms with Gasteiger partial charge in [0.15, 0.2) is 0 Å². The van der Waals surface area contributed by atoms with Gasteiger partial charge in [-0.1, -0.05) is 60.1 Å². The molecule has 3 aromatic rings. The summed E-state index contributed by atoms with van der Waals surface area (Å²) >= 11 is 5.93. The Bertz CT molecular complexity index is 1080. The fraction of sp³-hybridized carbons (Fsp3) is 0.136. The van der Waals surface area contributed by atoms with Crippen LogP contribution in [0.3, 0.4) is 0 Å². The van der Waals surface area contributed by atoms with Crippen LogP contribution in [0.15, 0.2) is 83.8 Å². The van der Waals surface area contributed by atoms with E-state index >= 15 is 0 Å². The number of para-hydroxylation sites is 1. The molecule has 0 aliphatic heterocycles. The Hall–Kier alpha value is -2.67. The lowest BCUT2D eigenvalue weighted by molar-refractivity contribution is -0.116. The number of aryl methyl sites for hydroxylation is 1. The van der Waals surface area contributed by atoms with Gasteiger partial charge in [-0.15, -0.1) is 0 Å². The monoisotopic (exact) mass is 428 g/mol. The topological polar surface area (TPSA) is 66.5 Å². The smallest absolute Gasteiger partial charge is 0.243 e. The fourth-order valence-corrected chi connectivity index (χ4v) is 4.36. The second-order valence-electron chi connectivity index (χ2n) is 6.58. The van der Waals surface area contributed by atoms with Gasteiger partial charge in [-0.2, -0.15) is 4.31 Å². The van der Waals surface area contributed by atoms with E-state index in [1.165, 1.54) is 16.4 Å². The number of halogens is 1. The first-order valence-electron chi connectivity index (χ1n) is 9.01. The Balaban J connectivity index is 1.87. The summed E-state index contributed by atoms with van der Waals surface area (Å²) < 4.78 is 27.5. The largest absolute Gasteiger partial charge is 0.325 e. The third-order valence-corrected chi connectivity index (χ3v) is 6.45. The number of nitrogens with zero attached hydrogens (tertiary/aromatic N) is 1. The van der Waals surface area contributed by atoms with Crippen molar-refractivity contribution in [2.75, 3.05) is 11.9 Å². The number of carbonyl (C=O) groups excluding carboxylic acids is 1. The Kier molecular flexibility index (Phi) is 6.69. The van der Waals surface area contributed by atoms with E-state index < -0.39 is 15.9 Å². The normalized spacial score (nSPS) is 11.4. The molecule has 0 aliphatic rings. The van der Waals surface area contributed by atoms with Gasteiger partial charge in [0.25, 0.3) is 0 Å². The van der Waals surface area contributed by atoms with E-state index in [2.05, 4.69) is 5.32 Å². The van der Waals surface area contributed by atoms with Crippen molar-refractivity contribution in [3.63, 3.8) is 0 Å². The molecule has 5 nitrogen and oxygen atoms in total. The van der Waals surface area contributed by atoms with Crippen molar-refractivity contribution >= 4 is 33.2 Å². The van der Waals surface area contributed by atoms with Crippen molar-refractivity contribution in [3.05, 3.63) is 95.0 Å². The first kappa shape index (κ1) is 21.0. The number of nitrogens with one attached hydrogen (secondary N) is 1. The van der Waals surface area contributed by atoms with Gasteiger partial charge < -0.3 is 5.32 Å². The summed E-state index contributed by atoms with van der Waals surface area (Å²) in [6.45, 7) is 1.62. The van der Waals surface area contributed by atoms with E-state index in [1.807, 2.05) is 25.1 Å². The van der Waals surface area contributed by atoms with E-state index in [0.29, 0.717) is 10.7 Å². The van der Waals surface area contributed by atoms with Crippen LogP contribution in [0.25, 0.3) is 0 Å². The predicted molar refractivity (Wildman–Crippen MR) is 115 cm³/mol. The molecular formula is C22H21ClN2O3S. The number of benzene rings is 3. The second-order valence-corrected chi connectivity index (χ2v) is 8.95. The van der Waals surface area contributed by atoms with Gasteiger partial charge in [0, 0.05) is 17.3 Å². The Morgan fingerprint density at radius 3 is 2.21 bits per heavy atom. The molecule has 0 unspecified atom stereocenters. The highest BCUT2D eigenvalue weighted by Crippen LogP contribution is 2.20. The first-order chi connectivity index (χ1) is 13.9. The zero-order valence-electron chi connectivity index (χ0n) is 15.9. The molecule has 150 valence electrons. The maximum Gasteiger partial charge on any atom is 0.243 e. The molecular weight excluding hydrogens is 408 g/mol. The molecule has 0 heterocycles. The number of amides is 1. The molecule has 0 atom stereocenters. The highest BCUT2D eigenvalue weighted by Gasteiger charge is 2.27.